The standard InChI is InChI=1S/C17H27NO3/c1-21-16-6-5-14(11-15(16)20)12-18-13-17(9-10-19)7-3-2-4-8-17/h5-6,11,18-20H,2-4,7-10,12-13H2,1H3. The number of rotatable bonds is 7. The lowest BCUT2D eigenvalue weighted by molar-refractivity contribution is 0.126. The van der Waals surface area contributed by atoms with Gasteiger partial charge in [0.05, 0.1) is 7.11 Å². The lowest BCUT2D eigenvalue weighted by Crippen LogP contribution is -2.36. The molecule has 0 amide bonds. The molecule has 4 nitrogen and oxygen atoms in total. The van der Waals surface area contributed by atoms with Gasteiger partial charge in [-0.2, -0.15) is 0 Å². The van der Waals surface area contributed by atoms with E-state index in [9.17, 15) is 10.2 Å². The highest BCUT2D eigenvalue weighted by molar-refractivity contribution is 5.41. The van der Waals surface area contributed by atoms with E-state index < -0.39 is 0 Å². The highest BCUT2D eigenvalue weighted by Crippen LogP contribution is 2.38. The van der Waals surface area contributed by atoms with Gasteiger partial charge in [-0.3, -0.25) is 0 Å². The van der Waals surface area contributed by atoms with Crippen LogP contribution in [-0.2, 0) is 6.54 Å². The van der Waals surface area contributed by atoms with Crippen LogP contribution >= 0.6 is 0 Å². The molecule has 4 heteroatoms. The third-order valence-corrected chi connectivity index (χ3v) is 4.63. The summed E-state index contributed by atoms with van der Waals surface area (Å²) < 4.78 is 5.05. The molecule has 0 aliphatic heterocycles. The summed E-state index contributed by atoms with van der Waals surface area (Å²) in [4.78, 5) is 0. The predicted molar refractivity (Wildman–Crippen MR) is 83.6 cm³/mol. The zero-order valence-corrected chi connectivity index (χ0v) is 12.9. The fraction of sp³-hybridized carbons (Fsp3) is 0.647. The van der Waals surface area contributed by atoms with Gasteiger partial charge in [0.15, 0.2) is 11.5 Å². The Morgan fingerprint density at radius 3 is 2.62 bits per heavy atom. The number of hydrogen-bond acceptors (Lipinski definition) is 4. The van der Waals surface area contributed by atoms with Crippen molar-refractivity contribution in [1.82, 2.24) is 5.32 Å². The quantitative estimate of drug-likeness (QED) is 0.723. The number of nitrogens with one attached hydrogen (secondary N) is 1. The summed E-state index contributed by atoms with van der Waals surface area (Å²) >= 11 is 0. The Morgan fingerprint density at radius 1 is 1.24 bits per heavy atom. The van der Waals surface area contributed by atoms with Crippen molar-refractivity contribution in [2.75, 3.05) is 20.3 Å². The summed E-state index contributed by atoms with van der Waals surface area (Å²) in [5, 5.41) is 22.6. The van der Waals surface area contributed by atoms with Gasteiger partial charge in [-0.05, 0) is 42.4 Å². The van der Waals surface area contributed by atoms with Crippen LogP contribution in [0.25, 0.3) is 0 Å². The molecule has 1 fully saturated rings. The summed E-state index contributed by atoms with van der Waals surface area (Å²) in [6.45, 7) is 1.93. The Kier molecular flexibility index (Phi) is 5.88. The minimum Gasteiger partial charge on any atom is -0.504 e. The molecule has 118 valence electrons. The Bertz CT molecular complexity index is 436. The number of phenolic OH excluding ortho intramolecular Hbond substituents is 1. The molecule has 1 aliphatic rings. The number of aromatic hydroxyl groups is 1. The third-order valence-electron chi connectivity index (χ3n) is 4.63. The fourth-order valence-corrected chi connectivity index (χ4v) is 3.37. The zero-order chi connectivity index (χ0) is 15.1. The summed E-state index contributed by atoms with van der Waals surface area (Å²) in [6, 6.07) is 5.49. The van der Waals surface area contributed by atoms with Gasteiger partial charge in [-0.1, -0.05) is 25.3 Å². The van der Waals surface area contributed by atoms with Gasteiger partial charge in [0.2, 0.25) is 0 Å². The van der Waals surface area contributed by atoms with Crippen molar-refractivity contribution in [3.8, 4) is 11.5 Å². The number of aliphatic hydroxyl groups excluding tert-OH is 1. The molecule has 1 aromatic carbocycles. The molecule has 0 atom stereocenters. The second-order valence-corrected chi connectivity index (χ2v) is 6.14. The van der Waals surface area contributed by atoms with Gasteiger partial charge in [0.1, 0.15) is 0 Å². The van der Waals surface area contributed by atoms with E-state index in [1.807, 2.05) is 6.07 Å². The summed E-state index contributed by atoms with van der Waals surface area (Å²) in [5.41, 5.74) is 1.30. The lowest BCUT2D eigenvalue weighted by atomic mass is 9.72. The van der Waals surface area contributed by atoms with Crippen molar-refractivity contribution in [2.24, 2.45) is 5.41 Å². The maximum absolute atomic E-state index is 9.79. The minimum atomic E-state index is 0.180. The number of aliphatic hydroxyl groups is 1. The normalized spacial score (nSPS) is 17.6. The summed E-state index contributed by atoms with van der Waals surface area (Å²) in [6.07, 6.45) is 7.15. The van der Waals surface area contributed by atoms with Crippen LogP contribution in [0.5, 0.6) is 11.5 Å². The molecule has 0 heterocycles. The van der Waals surface area contributed by atoms with Crippen molar-refractivity contribution < 1.29 is 14.9 Å². The molecule has 1 saturated carbocycles. The van der Waals surface area contributed by atoms with Gasteiger partial charge in [-0.15, -0.1) is 0 Å². The average molecular weight is 293 g/mol. The molecule has 3 N–H and O–H groups in total. The molecule has 0 aromatic heterocycles. The molecule has 0 spiro atoms. The first-order valence-corrected chi connectivity index (χ1v) is 7.87. The fourth-order valence-electron chi connectivity index (χ4n) is 3.37. The van der Waals surface area contributed by atoms with Crippen LogP contribution in [0.4, 0.5) is 0 Å². The van der Waals surface area contributed by atoms with Gasteiger partial charge < -0.3 is 20.3 Å². The van der Waals surface area contributed by atoms with Crippen LogP contribution in [0.15, 0.2) is 18.2 Å². The van der Waals surface area contributed by atoms with Crippen LogP contribution < -0.4 is 10.1 Å². The summed E-state index contributed by atoms with van der Waals surface area (Å²) in [5.74, 6) is 0.683. The van der Waals surface area contributed by atoms with Crippen molar-refractivity contribution >= 4 is 0 Å². The molecule has 2 rings (SSSR count). The second kappa shape index (κ2) is 7.66. The van der Waals surface area contributed by atoms with Crippen molar-refractivity contribution in [3.05, 3.63) is 23.8 Å². The Morgan fingerprint density at radius 2 is 2.00 bits per heavy atom. The summed E-state index contributed by atoms with van der Waals surface area (Å²) in [7, 11) is 1.55. The number of ether oxygens (including phenoxy) is 1. The number of hydrogen-bond donors (Lipinski definition) is 3. The van der Waals surface area contributed by atoms with E-state index in [0.717, 1.165) is 25.1 Å². The monoisotopic (exact) mass is 293 g/mol. The van der Waals surface area contributed by atoms with E-state index in [-0.39, 0.29) is 17.8 Å². The Labute approximate surface area is 127 Å². The molecule has 0 unspecified atom stereocenters. The molecule has 0 saturated heterocycles. The van der Waals surface area contributed by atoms with Gasteiger partial charge in [0, 0.05) is 19.7 Å². The molecule has 0 radical (unpaired) electrons. The largest absolute Gasteiger partial charge is 0.504 e. The molecular formula is C17H27NO3. The van der Waals surface area contributed by atoms with Crippen molar-refractivity contribution in [1.29, 1.82) is 0 Å². The van der Waals surface area contributed by atoms with Gasteiger partial charge in [0.25, 0.3) is 0 Å². The maximum Gasteiger partial charge on any atom is 0.160 e. The molecule has 1 aliphatic carbocycles. The first-order chi connectivity index (χ1) is 10.2. The van der Waals surface area contributed by atoms with Gasteiger partial charge >= 0.3 is 0 Å². The van der Waals surface area contributed by atoms with E-state index in [1.54, 1.807) is 19.2 Å². The van der Waals surface area contributed by atoms with E-state index in [4.69, 9.17) is 4.74 Å². The first kappa shape index (κ1) is 16.1. The number of phenols is 1. The maximum atomic E-state index is 9.79. The first-order valence-electron chi connectivity index (χ1n) is 7.87. The highest BCUT2D eigenvalue weighted by Gasteiger charge is 2.30. The van der Waals surface area contributed by atoms with Crippen LogP contribution in [0, 0.1) is 5.41 Å². The average Bonchev–Trinajstić information content (AvgIpc) is 2.49. The molecule has 21 heavy (non-hydrogen) atoms. The van der Waals surface area contributed by atoms with Crippen molar-refractivity contribution in [3.63, 3.8) is 0 Å². The number of benzene rings is 1. The molecule has 1 aromatic rings. The zero-order valence-electron chi connectivity index (χ0n) is 12.9. The molecule has 0 bridgehead atoms. The van der Waals surface area contributed by atoms with Crippen molar-refractivity contribution in [2.45, 2.75) is 45.1 Å². The number of methoxy groups -OCH3 is 1. The minimum absolute atomic E-state index is 0.180. The topological polar surface area (TPSA) is 61.7 Å². The third kappa shape index (κ3) is 4.35. The highest BCUT2D eigenvalue weighted by atomic mass is 16.5. The van der Waals surface area contributed by atoms with Gasteiger partial charge in [-0.25, -0.2) is 0 Å². The van der Waals surface area contributed by atoms with E-state index in [2.05, 4.69) is 5.32 Å². The van der Waals surface area contributed by atoms with E-state index in [0.29, 0.717) is 5.75 Å². The Balaban J connectivity index is 1.88. The van der Waals surface area contributed by atoms with Crippen LogP contribution in [0.3, 0.4) is 0 Å². The Hall–Kier alpha value is -1.26. The van der Waals surface area contributed by atoms with Crippen LogP contribution in [0.1, 0.15) is 44.1 Å². The predicted octanol–water partition coefficient (Wildman–Crippen LogP) is 2.82. The van der Waals surface area contributed by atoms with E-state index in [1.165, 1.54) is 32.1 Å². The SMILES string of the molecule is COc1ccc(CNCC2(CCO)CCCCC2)cc1O. The van der Waals surface area contributed by atoms with Crippen LogP contribution in [0.2, 0.25) is 0 Å². The lowest BCUT2D eigenvalue weighted by Gasteiger charge is -2.37. The van der Waals surface area contributed by atoms with Crippen LogP contribution in [-0.4, -0.2) is 30.5 Å². The molecular weight excluding hydrogens is 266 g/mol. The second-order valence-electron chi connectivity index (χ2n) is 6.14. The van der Waals surface area contributed by atoms with E-state index >= 15 is 0 Å². The smallest absolute Gasteiger partial charge is 0.160 e.